The standard InChI is InChI=1S/C14H15NO2/c1-11-2-7-14(17)15(8-11)9-12-3-5-13(10-16)6-4-12/h2-8,16H,9-10H2,1H3. The maximum atomic E-state index is 11.6. The van der Waals surface area contributed by atoms with Gasteiger partial charge >= 0.3 is 0 Å². The van der Waals surface area contributed by atoms with Crippen molar-refractivity contribution in [2.75, 3.05) is 0 Å². The Hall–Kier alpha value is -1.87. The molecule has 0 aliphatic carbocycles. The summed E-state index contributed by atoms with van der Waals surface area (Å²) >= 11 is 0. The number of nitrogens with zero attached hydrogens (tertiary/aromatic N) is 1. The third-order valence-electron chi connectivity index (χ3n) is 2.69. The van der Waals surface area contributed by atoms with E-state index in [0.29, 0.717) is 6.54 Å². The summed E-state index contributed by atoms with van der Waals surface area (Å²) in [7, 11) is 0. The van der Waals surface area contributed by atoms with Crippen LogP contribution in [0, 0.1) is 6.92 Å². The van der Waals surface area contributed by atoms with Gasteiger partial charge in [-0.15, -0.1) is 0 Å². The highest BCUT2D eigenvalue weighted by molar-refractivity contribution is 5.22. The fourth-order valence-corrected chi connectivity index (χ4v) is 1.72. The van der Waals surface area contributed by atoms with Gasteiger partial charge < -0.3 is 9.67 Å². The molecular weight excluding hydrogens is 214 g/mol. The Morgan fingerprint density at radius 3 is 2.35 bits per heavy atom. The van der Waals surface area contributed by atoms with Gasteiger partial charge in [-0.05, 0) is 23.6 Å². The number of benzene rings is 1. The zero-order valence-corrected chi connectivity index (χ0v) is 9.76. The third kappa shape index (κ3) is 2.82. The van der Waals surface area contributed by atoms with Gasteiger partial charge in [-0.3, -0.25) is 4.79 Å². The predicted octanol–water partition coefficient (Wildman–Crippen LogP) is 1.70. The topological polar surface area (TPSA) is 42.2 Å². The molecule has 2 rings (SSSR count). The Balaban J connectivity index is 2.25. The van der Waals surface area contributed by atoms with Crippen molar-refractivity contribution in [1.29, 1.82) is 0 Å². The summed E-state index contributed by atoms with van der Waals surface area (Å²) in [4.78, 5) is 11.6. The Morgan fingerprint density at radius 2 is 1.71 bits per heavy atom. The first kappa shape index (κ1) is 11.6. The molecule has 0 atom stereocenters. The van der Waals surface area contributed by atoms with E-state index in [0.717, 1.165) is 16.7 Å². The lowest BCUT2D eigenvalue weighted by atomic mass is 10.1. The van der Waals surface area contributed by atoms with E-state index in [9.17, 15) is 4.79 Å². The summed E-state index contributed by atoms with van der Waals surface area (Å²) in [6.45, 7) is 2.57. The maximum absolute atomic E-state index is 11.6. The number of pyridine rings is 1. The Bertz CT molecular complexity index is 555. The van der Waals surface area contributed by atoms with Crippen LogP contribution >= 0.6 is 0 Å². The zero-order chi connectivity index (χ0) is 12.3. The number of aryl methyl sites for hydroxylation is 1. The number of aliphatic hydroxyl groups is 1. The molecule has 17 heavy (non-hydrogen) atoms. The lowest BCUT2D eigenvalue weighted by Crippen LogP contribution is -2.19. The molecule has 1 aromatic carbocycles. The Kier molecular flexibility index (Phi) is 3.40. The van der Waals surface area contributed by atoms with Gasteiger partial charge in [0.25, 0.3) is 5.56 Å². The molecule has 0 amide bonds. The van der Waals surface area contributed by atoms with Gasteiger partial charge in [0.15, 0.2) is 0 Å². The van der Waals surface area contributed by atoms with Crippen LogP contribution in [0.4, 0.5) is 0 Å². The van der Waals surface area contributed by atoms with Gasteiger partial charge in [0.05, 0.1) is 13.2 Å². The summed E-state index contributed by atoms with van der Waals surface area (Å²) in [5.74, 6) is 0. The van der Waals surface area contributed by atoms with E-state index in [1.165, 1.54) is 0 Å². The molecule has 0 aliphatic heterocycles. The highest BCUT2D eigenvalue weighted by Crippen LogP contribution is 2.06. The zero-order valence-electron chi connectivity index (χ0n) is 9.76. The molecule has 0 saturated heterocycles. The first-order chi connectivity index (χ1) is 8.19. The van der Waals surface area contributed by atoms with Gasteiger partial charge in [0.1, 0.15) is 0 Å². The van der Waals surface area contributed by atoms with Crippen LogP contribution in [-0.4, -0.2) is 9.67 Å². The van der Waals surface area contributed by atoms with Gasteiger partial charge in [0.2, 0.25) is 0 Å². The lowest BCUT2D eigenvalue weighted by Gasteiger charge is -2.07. The molecule has 0 radical (unpaired) electrons. The summed E-state index contributed by atoms with van der Waals surface area (Å²) in [5, 5.41) is 8.94. The summed E-state index contributed by atoms with van der Waals surface area (Å²) in [6, 6.07) is 11.0. The Labute approximate surface area is 100.0 Å². The van der Waals surface area contributed by atoms with E-state index in [1.807, 2.05) is 43.5 Å². The fraction of sp³-hybridized carbons (Fsp3) is 0.214. The van der Waals surface area contributed by atoms with E-state index in [1.54, 1.807) is 10.6 Å². The highest BCUT2D eigenvalue weighted by Gasteiger charge is 1.98. The monoisotopic (exact) mass is 229 g/mol. The molecule has 1 N–H and O–H groups in total. The molecule has 0 saturated carbocycles. The van der Waals surface area contributed by atoms with E-state index in [4.69, 9.17) is 5.11 Å². The molecule has 0 bridgehead atoms. The molecule has 0 fully saturated rings. The van der Waals surface area contributed by atoms with Crippen molar-refractivity contribution in [3.8, 4) is 0 Å². The highest BCUT2D eigenvalue weighted by atomic mass is 16.3. The molecule has 1 heterocycles. The normalized spacial score (nSPS) is 10.5. The molecular formula is C14H15NO2. The van der Waals surface area contributed by atoms with Gasteiger partial charge in [0, 0.05) is 12.3 Å². The molecule has 0 unspecified atom stereocenters. The van der Waals surface area contributed by atoms with Crippen LogP contribution in [0.3, 0.4) is 0 Å². The molecule has 3 nitrogen and oxygen atoms in total. The largest absolute Gasteiger partial charge is 0.392 e. The van der Waals surface area contributed by atoms with E-state index < -0.39 is 0 Å². The second-order valence-electron chi connectivity index (χ2n) is 4.15. The first-order valence-electron chi connectivity index (χ1n) is 5.55. The van der Waals surface area contributed by atoms with Crippen molar-refractivity contribution in [2.24, 2.45) is 0 Å². The number of aromatic nitrogens is 1. The van der Waals surface area contributed by atoms with Gasteiger partial charge in [-0.1, -0.05) is 30.3 Å². The molecule has 0 spiro atoms. The minimum atomic E-state index is 0.00170. The first-order valence-corrected chi connectivity index (χ1v) is 5.55. The number of rotatable bonds is 3. The van der Waals surface area contributed by atoms with E-state index >= 15 is 0 Å². The molecule has 3 heteroatoms. The molecule has 0 aliphatic rings. The van der Waals surface area contributed by atoms with Crippen LogP contribution in [0.5, 0.6) is 0 Å². The maximum Gasteiger partial charge on any atom is 0.250 e. The molecule has 1 aromatic heterocycles. The minimum Gasteiger partial charge on any atom is -0.392 e. The van der Waals surface area contributed by atoms with Crippen LogP contribution in [0.2, 0.25) is 0 Å². The molecule has 2 aromatic rings. The van der Waals surface area contributed by atoms with Crippen LogP contribution in [0.25, 0.3) is 0 Å². The SMILES string of the molecule is Cc1ccc(=O)n(Cc2ccc(CO)cc2)c1. The third-order valence-corrected chi connectivity index (χ3v) is 2.69. The number of aliphatic hydroxyl groups excluding tert-OH is 1. The second-order valence-corrected chi connectivity index (χ2v) is 4.15. The van der Waals surface area contributed by atoms with Crippen molar-refractivity contribution < 1.29 is 5.11 Å². The summed E-state index contributed by atoms with van der Waals surface area (Å²) in [5.41, 5.74) is 3.00. The van der Waals surface area contributed by atoms with Crippen LogP contribution < -0.4 is 5.56 Å². The fourth-order valence-electron chi connectivity index (χ4n) is 1.72. The number of hydrogen-bond donors (Lipinski definition) is 1. The smallest absolute Gasteiger partial charge is 0.250 e. The van der Waals surface area contributed by atoms with Crippen molar-refractivity contribution in [3.05, 3.63) is 69.6 Å². The van der Waals surface area contributed by atoms with Crippen LogP contribution in [-0.2, 0) is 13.2 Å². The van der Waals surface area contributed by atoms with Crippen molar-refractivity contribution in [1.82, 2.24) is 4.57 Å². The molecule has 88 valence electrons. The number of hydrogen-bond acceptors (Lipinski definition) is 2. The van der Waals surface area contributed by atoms with E-state index in [-0.39, 0.29) is 12.2 Å². The lowest BCUT2D eigenvalue weighted by molar-refractivity contribution is 0.282. The average Bonchev–Trinajstić information content (AvgIpc) is 2.35. The predicted molar refractivity (Wildman–Crippen MR) is 66.9 cm³/mol. The minimum absolute atomic E-state index is 0.00170. The summed E-state index contributed by atoms with van der Waals surface area (Å²) < 4.78 is 1.68. The van der Waals surface area contributed by atoms with E-state index in [2.05, 4.69) is 0 Å². The van der Waals surface area contributed by atoms with Crippen molar-refractivity contribution in [3.63, 3.8) is 0 Å². The summed E-state index contributed by atoms with van der Waals surface area (Å²) in [6.07, 6.45) is 1.85. The van der Waals surface area contributed by atoms with Crippen LogP contribution in [0.15, 0.2) is 47.4 Å². The van der Waals surface area contributed by atoms with Crippen LogP contribution in [0.1, 0.15) is 16.7 Å². The van der Waals surface area contributed by atoms with Crippen molar-refractivity contribution in [2.45, 2.75) is 20.1 Å². The Morgan fingerprint density at radius 1 is 1.06 bits per heavy atom. The van der Waals surface area contributed by atoms with Gasteiger partial charge in [-0.25, -0.2) is 0 Å². The average molecular weight is 229 g/mol. The second kappa shape index (κ2) is 4.97. The van der Waals surface area contributed by atoms with Gasteiger partial charge in [-0.2, -0.15) is 0 Å². The quantitative estimate of drug-likeness (QED) is 0.870. The van der Waals surface area contributed by atoms with Crippen molar-refractivity contribution >= 4 is 0 Å².